The number of aromatic nitrogens is 1. The first-order chi connectivity index (χ1) is 7.61. The lowest BCUT2D eigenvalue weighted by Gasteiger charge is -2.39. The summed E-state index contributed by atoms with van der Waals surface area (Å²) in [6.07, 6.45) is 1.50. The van der Waals surface area contributed by atoms with Crippen LogP contribution < -0.4 is 5.32 Å². The minimum Gasteiger partial charge on any atom is -0.361 e. The number of aryl methyl sites for hydroxylation is 1. The molecular weight excluding hydrogens is 206 g/mol. The summed E-state index contributed by atoms with van der Waals surface area (Å²) in [7, 11) is 0. The standard InChI is InChI=1S/C11H17N3O2/c1-7-4-12-5-8(2)14(7)11(15)10-6-13-16-9(10)3/h6-8,12H,4-5H2,1-3H3. The molecule has 5 nitrogen and oxygen atoms in total. The van der Waals surface area contributed by atoms with E-state index in [1.54, 1.807) is 6.92 Å². The van der Waals surface area contributed by atoms with E-state index in [-0.39, 0.29) is 18.0 Å². The van der Waals surface area contributed by atoms with Crippen LogP contribution in [0.15, 0.2) is 10.7 Å². The molecule has 1 aromatic heterocycles. The van der Waals surface area contributed by atoms with Gasteiger partial charge < -0.3 is 14.7 Å². The van der Waals surface area contributed by atoms with E-state index in [1.165, 1.54) is 6.20 Å². The van der Waals surface area contributed by atoms with Gasteiger partial charge in [0, 0.05) is 25.2 Å². The van der Waals surface area contributed by atoms with Gasteiger partial charge in [-0.2, -0.15) is 0 Å². The fourth-order valence-corrected chi connectivity index (χ4v) is 2.18. The van der Waals surface area contributed by atoms with Gasteiger partial charge in [-0.15, -0.1) is 0 Å². The summed E-state index contributed by atoms with van der Waals surface area (Å²) in [4.78, 5) is 14.2. The molecule has 0 aliphatic carbocycles. The maximum atomic E-state index is 12.3. The van der Waals surface area contributed by atoms with Gasteiger partial charge in [0.15, 0.2) is 0 Å². The Balaban J connectivity index is 2.23. The van der Waals surface area contributed by atoms with E-state index in [0.29, 0.717) is 11.3 Å². The van der Waals surface area contributed by atoms with Gasteiger partial charge in [0.2, 0.25) is 0 Å². The average molecular weight is 223 g/mol. The Morgan fingerprint density at radius 1 is 1.50 bits per heavy atom. The van der Waals surface area contributed by atoms with Crippen molar-refractivity contribution in [3.05, 3.63) is 17.5 Å². The zero-order chi connectivity index (χ0) is 11.7. The van der Waals surface area contributed by atoms with Crippen LogP contribution in [0.1, 0.15) is 30.0 Å². The summed E-state index contributed by atoms with van der Waals surface area (Å²) in [6.45, 7) is 7.52. The first-order valence-corrected chi connectivity index (χ1v) is 5.56. The van der Waals surface area contributed by atoms with Crippen LogP contribution in [0.4, 0.5) is 0 Å². The molecule has 1 aliphatic rings. The second kappa shape index (κ2) is 4.25. The van der Waals surface area contributed by atoms with Crippen LogP contribution in [0.5, 0.6) is 0 Å². The second-order valence-electron chi connectivity index (χ2n) is 4.36. The predicted octanol–water partition coefficient (Wildman–Crippen LogP) is 0.805. The number of amides is 1. The van der Waals surface area contributed by atoms with Gasteiger partial charge in [-0.1, -0.05) is 5.16 Å². The SMILES string of the molecule is Cc1oncc1C(=O)N1C(C)CNCC1C. The number of rotatable bonds is 1. The van der Waals surface area contributed by atoms with E-state index in [1.807, 2.05) is 18.7 Å². The summed E-state index contributed by atoms with van der Waals surface area (Å²) in [5, 5.41) is 6.95. The van der Waals surface area contributed by atoms with Crippen molar-refractivity contribution in [3.8, 4) is 0 Å². The van der Waals surface area contributed by atoms with Crippen LogP contribution in [-0.2, 0) is 0 Å². The highest BCUT2D eigenvalue weighted by molar-refractivity contribution is 5.95. The minimum absolute atomic E-state index is 0.0141. The summed E-state index contributed by atoms with van der Waals surface area (Å²) < 4.78 is 4.93. The fraction of sp³-hybridized carbons (Fsp3) is 0.636. The highest BCUT2D eigenvalue weighted by atomic mass is 16.5. The lowest BCUT2D eigenvalue weighted by molar-refractivity contribution is 0.0542. The molecule has 0 aromatic carbocycles. The summed E-state index contributed by atoms with van der Waals surface area (Å²) in [5.74, 6) is 0.600. The Morgan fingerprint density at radius 2 is 2.12 bits per heavy atom. The number of hydrogen-bond acceptors (Lipinski definition) is 4. The zero-order valence-corrected chi connectivity index (χ0v) is 9.86. The molecule has 2 rings (SSSR count). The van der Waals surface area contributed by atoms with Crippen molar-refractivity contribution in [2.75, 3.05) is 13.1 Å². The van der Waals surface area contributed by atoms with E-state index >= 15 is 0 Å². The van der Waals surface area contributed by atoms with Crippen molar-refractivity contribution >= 4 is 5.91 Å². The van der Waals surface area contributed by atoms with Gasteiger partial charge in [0.25, 0.3) is 5.91 Å². The molecule has 1 aliphatic heterocycles. The third-order valence-electron chi connectivity index (χ3n) is 3.04. The highest BCUT2D eigenvalue weighted by Crippen LogP contribution is 2.16. The van der Waals surface area contributed by atoms with Gasteiger partial charge >= 0.3 is 0 Å². The predicted molar refractivity (Wildman–Crippen MR) is 59.2 cm³/mol. The molecule has 1 amide bonds. The molecule has 1 saturated heterocycles. The highest BCUT2D eigenvalue weighted by Gasteiger charge is 2.31. The molecule has 1 aromatic rings. The van der Waals surface area contributed by atoms with Crippen LogP contribution in [0.2, 0.25) is 0 Å². The number of nitrogens with one attached hydrogen (secondary N) is 1. The summed E-state index contributed by atoms with van der Waals surface area (Å²) >= 11 is 0. The first kappa shape index (κ1) is 11.1. The molecule has 16 heavy (non-hydrogen) atoms. The monoisotopic (exact) mass is 223 g/mol. The van der Waals surface area contributed by atoms with Crippen molar-refractivity contribution in [3.63, 3.8) is 0 Å². The van der Waals surface area contributed by atoms with Crippen molar-refractivity contribution in [2.24, 2.45) is 0 Å². The minimum atomic E-state index is 0.0141. The third kappa shape index (κ3) is 1.82. The quantitative estimate of drug-likeness (QED) is 0.765. The fourth-order valence-electron chi connectivity index (χ4n) is 2.18. The van der Waals surface area contributed by atoms with Gasteiger partial charge in [0.05, 0.1) is 6.20 Å². The Morgan fingerprint density at radius 3 is 2.62 bits per heavy atom. The maximum absolute atomic E-state index is 12.3. The number of nitrogens with zero attached hydrogens (tertiary/aromatic N) is 2. The number of piperazine rings is 1. The molecule has 2 atom stereocenters. The van der Waals surface area contributed by atoms with E-state index in [9.17, 15) is 4.79 Å². The van der Waals surface area contributed by atoms with Crippen LogP contribution >= 0.6 is 0 Å². The molecule has 1 N–H and O–H groups in total. The normalized spacial score (nSPS) is 25.8. The lowest BCUT2D eigenvalue weighted by Crippen LogP contribution is -2.57. The molecule has 2 heterocycles. The Bertz CT molecular complexity index is 378. The van der Waals surface area contributed by atoms with Gasteiger partial charge in [0.1, 0.15) is 11.3 Å². The number of carbonyl (C=O) groups excluding carboxylic acids is 1. The van der Waals surface area contributed by atoms with Crippen molar-refractivity contribution in [1.29, 1.82) is 0 Å². The van der Waals surface area contributed by atoms with Crippen LogP contribution in [0, 0.1) is 6.92 Å². The van der Waals surface area contributed by atoms with Crippen molar-refractivity contribution < 1.29 is 9.32 Å². The van der Waals surface area contributed by atoms with Crippen molar-refractivity contribution in [2.45, 2.75) is 32.9 Å². The second-order valence-corrected chi connectivity index (χ2v) is 4.36. The van der Waals surface area contributed by atoms with Crippen LogP contribution in [0.25, 0.3) is 0 Å². The molecule has 0 spiro atoms. The van der Waals surface area contributed by atoms with E-state index in [4.69, 9.17) is 4.52 Å². The molecule has 1 fully saturated rings. The number of carbonyl (C=O) groups is 1. The Labute approximate surface area is 94.8 Å². The molecule has 2 unspecified atom stereocenters. The van der Waals surface area contributed by atoms with Crippen LogP contribution in [-0.4, -0.2) is 41.1 Å². The molecule has 5 heteroatoms. The molecule has 88 valence electrons. The maximum Gasteiger partial charge on any atom is 0.259 e. The third-order valence-corrected chi connectivity index (χ3v) is 3.04. The largest absolute Gasteiger partial charge is 0.361 e. The Hall–Kier alpha value is -1.36. The van der Waals surface area contributed by atoms with E-state index in [2.05, 4.69) is 10.5 Å². The van der Waals surface area contributed by atoms with E-state index < -0.39 is 0 Å². The smallest absolute Gasteiger partial charge is 0.259 e. The average Bonchev–Trinajstić information content (AvgIpc) is 2.64. The first-order valence-electron chi connectivity index (χ1n) is 5.56. The van der Waals surface area contributed by atoms with Crippen molar-refractivity contribution in [1.82, 2.24) is 15.4 Å². The topological polar surface area (TPSA) is 58.4 Å². The Kier molecular flexibility index (Phi) is 2.96. The summed E-state index contributed by atoms with van der Waals surface area (Å²) in [6, 6.07) is 0.399. The zero-order valence-electron chi connectivity index (χ0n) is 9.86. The van der Waals surface area contributed by atoms with Gasteiger partial charge in [-0.05, 0) is 20.8 Å². The van der Waals surface area contributed by atoms with Gasteiger partial charge in [-0.25, -0.2) is 0 Å². The summed E-state index contributed by atoms with van der Waals surface area (Å²) in [5.41, 5.74) is 0.570. The molecule has 0 radical (unpaired) electrons. The van der Waals surface area contributed by atoms with Gasteiger partial charge in [-0.3, -0.25) is 4.79 Å². The molecular formula is C11H17N3O2. The molecule has 0 saturated carbocycles. The lowest BCUT2D eigenvalue weighted by atomic mass is 10.1. The van der Waals surface area contributed by atoms with E-state index in [0.717, 1.165) is 13.1 Å². The molecule has 0 bridgehead atoms. The number of hydrogen-bond donors (Lipinski definition) is 1. The van der Waals surface area contributed by atoms with Crippen LogP contribution in [0.3, 0.4) is 0 Å².